The number of ether oxygens (including phenoxy) is 1. The van der Waals surface area contributed by atoms with Gasteiger partial charge in [0, 0.05) is 29.5 Å². The number of amides is 1. The second-order valence-corrected chi connectivity index (χ2v) is 7.01. The van der Waals surface area contributed by atoms with Gasteiger partial charge in [-0.3, -0.25) is 15.0 Å². The van der Waals surface area contributed by atoms with Gasteiger partial charge in [-0.05, 0) is 36.1 Å². The first-order valence-corrected chi connectivity index (χ1v) is 9.11. The fraction of sp³-hybridized carbons (Fsp3) is 0.286. The molecule has 3 aromatic rings. The molecule has 3 N–H and O–H groups in total. The lowest BCUT2D eigenvalue weighted by Gasteiger charge is -2.18. The van der Waals surface area contributed by atoms with E-state index in [1.807, 2.05) is 44.2 Å². The summed E-state index contributed by atoms with van der Waals surface area (Å²) in [6, 6.07) is 11.3. The van der Waals surface area contributed by atoms with Crippen LogP contribution in [0, 0.1) is 5.92 Å². The Hall–Kier alpha value is -3.19. The van der Waals surface area contributed by atoms with Crippen LogP contribution in [0.25, 0.3) is 10.9 Å². The van der Waals surface area contributed by atoms with Crippen molar-refractivity contribution < 1.29 is 14.7 Å². The van der Waals surface area contributed by atoms with E-state index in [1.54, 1.807) is 31.0 Å². The van der Waals surface area contributed by atoms with Crippen LogP contribution in [0.1, 0.15) is 31.7 Å². The van der Waals surface area contributed by atoms with E-state index < -0.39 is 11.8 Å². The zero-order valence-corrected chi connectivity index (χ0v) is 16.1. The van der Waals surface area contributed by atoms with Gasteiger partial charge in [0.25, 0.3) is 5.91 Å². The van der Waals surface area contributed by atoms with Crippen molar-refractivity contribution in [2.45, 2.75) is 26.2 Å². The normalized spacial score (nSPS) is 12.0. The molecule has 0 saturated carbocycles. The van der Waals surface area contributed by atoms with Crippen LogP contribution in [0.2, 0.25) is 0 Å². The van der Waals surface area contributed by atoms with E-state index in [0.717, 1.165) is 27.8 Å². The number of fused-ring (bicyclic) bond motifs is 1. The summed E-state index contributed by atoms with van der Waals surface area (Å²) in [5.41, 5.74) is 5.16. The number of carbonyl (C=O) groups is 1. The van der Waals surface area contributed by atoms with E-state index in [0.29, 0.717) is 18.2 Å². The van der Waals surface area contributed by atoms with Crippen molar-refractivity contribution in [3.63, 3.8) is 0 Å². The fourth-order valence-corrected chi connectivity index (χ4v) is 3.14. The highest BCUT2D eigenvalue weighted by Crippen LogP contribution is 2.29. The molecule has 1 atom stereocenters. The van der Waals surface area contributed by atoms with E-state index in [4.69, 9.17) is 9.94 Å². The predicted octanol–water partition coefficient (Wildman–Crippen LogP) is 4.02. The number of pyridine rings is 2. The minimum atomic E-state index is -0.394. The van der Waals surface area contributed by atoms with Crippen LogP contribution in [0.3, 0.4) is 0 Å². The summed E-state index contributed by atoms with van der Waals surface area (Å²) in [4.78, 5) is 20.6. The molecule has 1 amide bonds. The number of hydrogen-bond donors (Lipinski definition) is 3. The number of rotatable bonds is 7. The van der Waals surface area contributed by atoms with Gasteiger partial charge in [0.1, 0.15) is 0 Å². The Labute approximate surface area is 163 Å². The van der Waals surface area contributed by atoms with Gasteiger partial charge in [0.2, 0.25) is 5.88 Å². The molecule has 0 fully saturated rings. The topological polar surface area (TPSA) is 96.4 Å². The zero-order valence-electron chi connectivity index (χ0n) is 16.1. The number of hydrogen-bond acceptors (Lipinski definition) is 6. The number of aromatic nitrogens is 2. The van der Waals surface area contributed by atoms with Gasteiger partial charge in [-0.25, -0.2) is 10.5 Å². The molecular formula is C21H24N4O3. The third-order valence-corrected chi connectivity index (χ3v) is 4.54. The SMILES string of the molecule is COc1cc2nccc(Nc3ccc(C(CC(C)C)C(=O)NO)cc3)c2cn1. The maximum Gasteiger partial charge on any atom is 0.250 e. The van der Waals surface area contributed by atoms with Crippen LogP contribution in [0.5, 0.6) is 5.88 Å². The number of hydroxylamine groups is 1. The monoisotopic (exact) mass is 380 g/mol. The Kier molecular flexibility index (Phi) is 6.06. The summed E-state index contributed by atoms with van der Waals surface area (Å²) in [7, 11) is 1.57. The van der Waals surface area contributed by atoms with Crippen LogP contribution in [-0.4, -0.2) is 28.2 Å². The Morgan fingerprint density at radius 1 is 1.18 bits per heavy atom. The standard InChI is InChI=1S/C21H24N4O3/c1-13(2)10-16(21(26)25-27)14-4-6-15(7-5-14)24-18-8-9-22-19-11-20(28-3)23-12-17(18)19/h4-9,11-13,16,27H,10H2,1-3H3,(H,22,24)(H,25,26). The summed E-state index contributed by atoms with van der Waals surface area (Å²) in [5.74, 6) is 0.0552. The lowest BCUT2D eigenvalue weighted by atomic mass is 9.89. The molecule has 0 aliphatic rings. The zero-order chi connectivity index (χ0) is 20.1. The van der Waals surface area contributed by atoms with Crippen molar-refractivity contribution in [3.05, 3.63) is 54.4 Å². The van der Waals surface area contributed by atoms with Gasteiger partial charge < -0.3 is 10.1 Å². The number of carbonyl (C=O) groups excluding carboxylic acids is 1. The average molecular weight is 380 g/mol. The molecule has 2 aromatic heterocycles. The van der Waals surface area contributed by atoms with Crippen LogP contribution in [0.15, 0.2) is 48.8 Å². The van der Waals surface area contributed by atoms with Crippen molar-refractivity contribution >= 4 is 28.2 Å². The Bertz CT molecular complexity index is 958. The molecular weight excluding hydrogens is 356 g/mol. The molecule has 3 rings (SSSR count). The Morgan fingerprint density at radius 2 is 1.93 bits per heavy atom. The lowest BCUT2D eigenvalue weighted by Crippen LogP contribution is -2.27. The summed E-state index contributed by atoms with van der Waals surface area (Å²) >= 11 is 0. The van der Waals surface area contributed by atoms with Gasteiger partial charge in [0.15, 0.2) is 0 Å². The molecule has 0 radical (unpaired) electrons. The summed E-state index contributed by atoms with van der Waals surface area (Å²) in [6.45, 7) is 4.09. The number of benzene rings is 1. The minimum Gasteiger partial charge on any atom is -0.481 e. The number of methoxy groups -OCH3 is 1. The second kappa shape index (κ2) is 8.67. The molecule has 2 heterocycles. The molecule has 0 spiro atoms. The van der Waals surface area contributed by atoms with Crippen LogP contribution in [0.4, 0.5) is 11.4 Å². The second-order valence-electron chi connectivity index (χ2n) is 7.01. The molecule has 28 heavy (non-hydrogen) atoms. The molecule has 7 heteroatoms. The third-order valence-electron chi connectivity index (χ3n) is 4.54. The first-order valence-electron chi connectivity index (χ1n) is 9.11. The van der Waals surface area contributed by atoms with E-state index >= 15 is 0 Å². The Balaban J connectivity index is 1.84. The molecule has 0 aliphatic heterocycles. The van der Waals surface area contributed by atoms with Gasteiger partial charge in [-0.1, -0.05) is 26.0 Å². The maximum atomic E-state index is 12.0. The average Bonchev–Trinajstić information content (AvgIpc) is 2.71. The highest BCUT2D eigenvalue weighted by atomic mass is 16.5. The fourth-order valence-electron chi connectivity index (χ4n) is 3.14. The van der Waals surface area contributed by atoms with Gasteiger partial charge in [-0.15, -0.1) is 0 Å². The quantitative estimate of drug-likeness (QED) is 0.423. The first kappa shape index (κ1) is 19.6. The van der Waals surface area contributed by atoms with E-state index in [-0.39, 0.29) is 0 Å². The smallest absolute Gasteiger partial charge is 0.250 e. The number of anilines is 2. The van der Waals surface area contributed by atoms with E-state index in [9.17, 15) is 4.79 Å². The van der Waals surface area contributed by atoms with Crippen molar-refractivity contribution in [2.75, 3.05) is 12.4 Å². The van der Waals surface area contributed by atoms with Gasteiger partial charge in [-0.2, -0.15) is 0 Å². The third kappa shape index (κ3) is 4.37. The van der Waals surface area contributed by atoms with Gasteiger partial charge >= 0.3 is 0 Å². The molecule has 7 nitrogen and oxygen atoms in total. The largest absolute Gasteiger partial charge is 0.481 e. The Morgan fingerprint density at radius 3 is 2.57 bits per heavy atom. The maximum absolute atomic E-state index is 12.0. The minimum absolute atomic E-state index is 0.327. The van der Waals surface area contributed by atoms with Crippen LogP contribution < -0.4 is 15.5 Å². The van der Waals surface area contributed by atoms with Crippen molar-refractivity contribution in [1.29, 1.82) is 0 Å². The van der Waals surface area contributed by atoms with E-state index in [1.165, 1.54) is 0 Å². The van der Waals surface area contributed by atoms with Gasteiger partial charge in [0.05, 0.1) is 24.2 Å². The number of nitrogens with zero attached hydrogens (tertiary/aromatic N) is 2. The van der Waals surface area contributed by atoms with Crippen molar-refractivity contribution in [2.24, 2.45) is 5.92 Å². The molecule has 146 valence electrons. The highest BCUT2D eigenvalue weighted by Gasteiger charge is 2.21. The lowest BCUT2D eigenvalue weighted by molar-refractivity contribution is -0.131. The number of nitrogens with one attached hydrogen (secondary N) is 2. The van der Waals surface area contributed by atoms with E-state index in [2.05, 4.69) is 15.3 Å². The molecule has 1 aromatic carbocycles. The summed E-state index contributed by atoms with van der Waals surface area (Å²) in [5, 5.41) is 13.3. The van der Waals surface area contributed by atoms with Crippen molar-refractivity contribution in [3.8, 4) is 5.88 Å². The molecule has 0 aliphatic carbocycles. The van der Waals surface area contributed by atoms with Crippen LogP contribution in [-0.2, 0) is 4.79 Å². The van der Waals surface area contributed by atoms with Crippen LogP contribution >= 0.6 is 0 Å². The predicted molar refractivity (Wildman–Crippen MR) is 108 cm³/mol. The highest BCUT2D eigenvalue weighted by molar-refractivity contribution is 5.92. The molecule has 0 saturated heterocycles. The summed E-state index contributed by atoms with van der Waals surface area (Å²) in [6.07, 6.45) is 4.10. The van der Waals surface area contributed by atoms with Crippen molar-refractivity contribution in [1.82, 2.24) is 15.4 Å². The molecule has 1 unspecified atom stereocenters. The molecule has 0 bridgehead atoms. The summed E-state index contributed by atoms with van der Waals surface area (Å²) < 4.78 is 5.15. The first-order chi connectivity index (χ1) is 13.5.